The first kappa shape index (κ1) is 12.8. The van der Waals surface area contributed by atoms with Crippen molar-refractivity contribution in [2.45, 2.75) is 0 Å². The third kappa shape index (κ3) is 3.96. The Morgan fingerprint density at radius 2 is 1.68 bits per heavy atom. The summed E-state index contributed by atoms with van der Waals surface area (Å²) in [6.07, 6.45) is 3.82. The SMILES string of the molecule is O=[N+]([O-])COc1ccccc1C=Cc1ccccc1. The summed E-state index contributed by atoms with van der Waals surface area (Å²) in [5.74, 6) is 0.506. The summed E-state index contributed by atoms with van der Waals surface area (Å²) in [5, 5.41) is 10.3. The van der Waals surface area contributed by atoms with Crippen molar-refractivity contribution >= 4 is 12.2 Å². The van der Waals surface area contributed by atoms with Gasteiger partial charge in [0.25, 0.3) is 0 Å². The quantitative estimate of drug-likeness (QED) is 0.356. The standard InChI is InChI=1S/C15H13NO3/c17-16(18)12-19-15-9-5-4-8-14(15)11-10-13-6-2-1-3-7-13/h1-11H,12H2. The maximum Gasteiger partial charge on any atom is 0.344 e. The number of hydrogen-bond acceptors (Lipinski definition) is 3. The summed E-state index contributed by atoms with van der Waals surface area (Å²) in [6, 6.07) is 17.0. The van der Waals surface area contributed by atoms with E-state index < -0.39 is 11.7 Å². The smallest absolute Gasteiger partial charge is 0.344 e. The zero-order valence-electron chi connectivity index (χ0n) is 10.2. The highest BCUT2D eigenvalue weighted by atomic mass is 16.7. The molecule has 2 aromatic carbocycles. The van der Waals surface area contributed by atoms with E-state index in [-0.39, 0.29) is 0 Å². The minimum absolute atomic E-state index is 0.502. The number of para-hydroxylation sites is 1. The normalized spacial score (nSPS) is 10.5. The Kier molecular flexibility index (Phi) is 4.29. The maximum absolute atomic E-state index is 10.3. The molecule has 0 aromatic heterocycles. The van der Waals surface area contributed by atoms with E-state index in [0.29, 0.717) is 5.75 Å². The second kappa shape index (κ2) is 6.35. The van der Waals surface area contributed by atoms with Gasteiger partial charge in [-0.15, -0.1) is 0 Å². The molecule has 0 radical (unpaired) electrons. The fraction of sp³-hybridized carbons (Fsp3) is 0.0667. The van der Waals surface area contributed by atoms with Gasteiger partial charge in [0.2, 0.25) is 0 Å². The molecule has 0 fully saturated rings. The second-order valence-corrected chi connectivity index (χ2v) is 3.89. The van der Waals surface area contributed by atoms with Gasteiger partial charge in [0.1, 0.15) is 5.75 Å². The molecule has 0 saturated heterocycles. The van der Waals surface area contributed by atoms with Crippen LogP contribution in [0.25, 0.3) is 12.2 Å². The molecule has 0 bridgehead atoms. The van der Waals surface area contributed by atoms with Crippen LogP contribution in [-0.4, -0.2) is 11.7 Å². The third-order valence-corrected chi connectivity index (χ3v) is 2.50. The van der Waals surface area contributed by atoms with Gasteiger partial charge in [0.15, 0.2) is 0 Å². The average Bonchev–Trinajstić information content (AvgIpc) is 2.45. The van der Waals surface area contributed by atoms with Crippen molar-refractivity contribution in [3.05, 3.63) is 75.8 Å². The van der Waals surface area contributed by atoms with E-state index in [4.69, 9.17) is 4.74 Å². The molecule has 0 amide bonds. The third-order valence-electron chi connectivity index (χ3n) is 2.50. The van der Waals surface area contributed by atoms with Gasteiger partial charge in [0.05, 0.1) is 4.92 Å². The first-order valence-corrected chi connectivity index (χ1v) is 5.82. The molecule has 0 spiro atoms. The van der Waals surface area contributed by atoms with E-state index in [1.165, 1.54) is 0 Å². The summed E-state index contributed by atoms with van der Waals surface area (Å²) in [5.41, 5.74) is 1.87. The van der Waals surface area contributed by atoms with Gasteiger partial charge < -0.3 is 4.74 Å². The Morgan fingerprint density at radius 1 is 1.00 bits per heavy atom. The first-order chi connectivity index (χ1) is 9.25. The molecule has 0 saturated carbocycles. The van der Waals surface area contributed by atoms with Crippen molar-refractivity contribution in [2.24, 2.45) is 0 Å². The van der Waals surface area contributed by atoms with Crippen LogP contribution < -0.4 is 4.74 Å². The highest BCUT2D eigenvalue weighted by Gasteiger charge is 2.03. The zero-order chi connectivity index (χ0) is 13.5. The first-order valence-electron chi connectivity index (χ1n) is 5.82. The summed E-state index contributed by atoms with van der Waals surface area (Å²) in [4.78, 5) is 9.82. The topological polar surface area (TPSA) is 52.4 Å². The van der Waals surface area contributed by atoms with Crippen molar-refractivity contribution in [1.29, 1.82) is 0 Å². The summed E-state index contributed by atoms with van der Waals surface area (Å²) >= 11 is 0. The Bertz CT molecular complexity index is 579. The van der Waals surface area contributed by atoms with Crippen molar-refractivity contribution < 1.29 is 9.66 Å². The second-order valence-electron chi connectivity index (χ2n) is 3.89. The lowest BCUT2D eigenvalue weighted by Crippen LogP contribution is -2.08. The Morgan fingerprint density at radius 3 is 2.42 bits per heavy atom. The highest BCUT2D eigenvalue weighted by molar-refractivity contribution is 5.72. The van der Waals surface area contributed by atoms with Crippen LogP contribution >= 0.6 is 0 Å². The minimum Gasteiger partial charge on any atom is -0.431 e. The van der Waals surface area contributed by atoms with Crippen molar-refractivity contribution in [3.8, 4) is 5.75 Å². The van der Waals surface area contributed by atoms with Crippen molar-refractivity contribution in [1.82, 2.24) is 0 Å². The fourth-order valence-corrected chi connectivity index (χ4v) is 1.62. The highest BCUT2D eigenvalue weighted by Crippen LogP contribution is 2.20. The number of benzene rings is 2. The number of nitrogens with zero attached hydrogens (tertiary/aromatic N) is 1. The van der Waals surface area contributed by atoms with Gasteiger partial charge >= 0.3 is 6.73 Å². The Balaban J connectivity index is 2.16. The molecular formula is C15H13NO3. The lowest BCUT2D eigenvalue weighted by Gasteiger charge is -2.04. The van der Waals surface area contributed by atoms with E-state index >= 15 is 0 Å². The molecule has 0 N–H and O–H groups in total. The van der Waals surface area contributed by atoms with Crippen LogP contribution in [-0.2, 0) is 0 Å². The van der Waals surface area contributed by atoms with Crippen LogP contribution in [0.15, 0.2) is 54.6 Å². The predicted molar refractivity (Wildman–Crippen MR) is 74.3 cm³/mol. The van der Waals surface area contributed by atoms with Crippen molar-refractivity contribution in [2.75, 3.05) is 6.73 Å². The average molecular weight is 255 g/mol. The molecule has 4 nitrogen and oxygen atoms in total. The number of nitro groups is 1. The van der Waals surface area contributed by atoms with Gasteiger partial charge in [-0.2, -0.15) is 0 Å². The Labute approximate surface area is 111 Å². The lowest BCUT2D eigenvalue weighted by molar-refractivity contribution is -0.514. The molecule has 4 heteroatoms. The van der Waals surface area contributed by atoms with E-state index in [9.17, 15) is 10.1 Å². The number of hydrogen-bond donors (Lipinski definition) is 0. The zero-order valence-corrected chi connectivity index (χ0v) is 10.2. The van der Waals surface area contributed by atoms with Crippen LogP contribution in [0.2, 0.25) is 0 Å². The monoisotopic (exact) mass is 255 g/mol. The molecule has 0 heterocycles. The summed E-state index contributed by atoms with van der Waals surface area (Å²) < 4.78 is 5.14. The molecule has 96 valence electrons. The van der Waals surface area contributed by atoms with Gasteiger partial charge in [0, 0.05) is 5.56 Å². The minimum atomic E-state index is -0.532. The van der Waals surface area contributed by atoms with Crippen molar-refractivity contribution in [3.63, 3.8) is 0 Å². The van der Waals surface area contributed by atoms with Crippen LogP contribution in [0.3, 0.4) is 0 Å². The largest absolute Gasteiger partial charge is 0.431 e. The molecule has 19 heavy (non-hydrogen) atoms. The molecule has 2 aromatic rings. The Hall–Kier alpha value is -2.62. The molecule has 0 aliphatic rings. The van der Waals surface area contributed by atoms with Gasteiger partial charge in [-0.3, -0.25) is 10.1 Å². The van der Waals surface area contributed by atoms with Crippen LogP contribution in [0.1, 0.15) is 11.1 Å². The molecule has 0 unspecified atom stereocenters. The van der Waals surface area contributed by atoms with Gasteiger partial charge in [-0.05, 0) is 11.6 Å². The van der Waals surface area contributed by atoms with E-state index in [0.717, 1.165) is 11.1 Å². The van der Waals surface area contributed by atoms with Gasteiger partial charge in [-0.25, -0.2) is 0 Å². The molecule has 0 aliphatic carbocycles. The van der Waals surface area contributed by atoms with Crippen LogP contribution in [0, 0.1) is 10.1 Å². The number of rotatable bonds is 5. The predicted octanol–water partition coefficient (Wildman–Crippen LogP) is 3.47. The maximum atomic E-state index is 10.3. The fourth-order valence-electron chi connectivity index (χ4n) is 1.62. The molecule has 0 aliphatic heterocycles. The van der Waals surface area contributed by atoms with Gasteiger partial charge in [-0.1, -0.05) is 60.7 Å². The van der Waals surface area contributed by atoms with E-state index in [2.05, 4.69) is 0 Å². The summed E-state index contributed by atoms with van der Waals surface area (Å²) in [7, 11) is 0. The van der Waals surface area contributed by atoms with E-state index in [1.807, 2.05) is 54.6 Å². The molecular weight excluding hydrogens is 242 g/mol. The van der Waals surface area contributed by atoms with Crippen LogP contribution in [0.4, 0.5) is 0 Å². The number of ether oxygens (including phenoxy) is 1. The van der Waals surface area contributed by atoms with E-state index in [1.54, 1.807) is 12.1 Å². The molecule has 2 rings (SSSR count). The summed E-state index contributed by atoms with van der Waals surface area (Å²) in [6.45, 7) is -0.532. The lowest BCUT2D eigenvalue weighted by atomic mass is 10.1. The molecule has 0 atom stereocenters. The van der Waals surface area contributed by atoms with Crippen LogP contribution in [0.5, 0.6) is 5.75 Å².